The maximum Gasteiger partial charge on any atom is 0.241 e. The van der Waals surface area contributed by atoms with E-state index >= 15 is 0 Å². The van der Waals surface area contributed by atoms with Crippen LogP contribution < -0.4 is 5.32 Å². The number of rotatable bonds is 9. The molecule has 1 rings (SSSR count). The van der Waals surface area contributed by atoms with Gasteiger partial charge in [0.1, 0.15) is 6.04 Å². The fourth-order valence-corrected chi connectivity index (χ4v) is 2.60. The number of benzene rings is 1. The van der Waals surface area contributed by atoms with Gasteiger partial charge in [-0.25, -0.2) is 0 Å². The van der Waals surface area contributed by atoms with E-state index in [9.17, 15) is 4.79 Å². The largest absolute Gasteiger partial charge is 0.354 e. The van der Waals surface area contributed by atoms with Gasteiger partial charge in [-0.1, -0.05) is 63.4 Å². The van der Waals surface area contributed by atoms with Gasteiger partial charge >= 0.3 is 0 Å². The summed E-state index contributed by atoms with van der Waals surface area (Å²) in [6, 6.07) is 9.75. The highest BCUT2D eigenvalue weighted by Gasteiger charge is 2.22. The Balaban J connectivity index is 2.62. The number of hydrogen-bond donors (Lipinski definition) is 1. The SMILES string of the molecule is CCCCC(CC)CNC(=O)C(c1ccccc1)N(C)C. The van der Waals surface area contributed by atoms with E-state index in [2.05, 4.69) is 19.2 Å². The Morgan fingerprint density at radius 2 is 1.86 bits per heavy atom. The van der Waals surface area contributed by atoms with Gasteiger partial charge in [0, 0.05) is 6.54 Å². The third-order valence-corrected chi connectivity index (χ3v) is 3.99. The Labute approximate surface area is 129 Å². The van der Waals surface area contributed by atoms with Crippen molar-refractivity contribution >= 4 is 5.91 Å². The first-order valence-electron chi connectivity index (χ1n) is 8.09. The molecule has 21 heavy (non-hydrogen) atoms. The van der Waals surface area contributed by atoms with E-state index in [0.29, 0.717) is 5.92 Å². The molecule has 0 fully saturated rings. The van der Waals surface area contributed by atoms with Crippen LogP contribution in [0.1, 0.15) is 51.1 Å². The van der Waals surface area contributed by atoms with Crippen molar-refractivity contribution in [3.8, 4) is 0 Å². The summed E-state index contributed by atoms with van der Waals surface area (Å²) in [5, 5.41) is 3.14. The summed E-state index contributed by atoms with van der Waals surface area (Å²) in [6.45, 7) is 5.20. The molecule has 1 aromatic carbocycles. The third-order valence-electron chi connectivity index (χ3n) is 3.99. The zero-order valence-corrected chi connectivity index (χ0v) is 13.9. The van der Waals surface area contributed by atoms with Crippen LogP contribution in [0.15, 0.2) is 30.3 Å². The van der Waals surface area contributed by atoms with Crippen molar-refractivity contribution in [1.82, 2.24) is 10.2 Å². The molecule has 0 aromatic heterocycles. The molecular weight excluding hydrogens is 260 g/mol. The predicted molar refractivity (Wildman–Crippen MR) is 89.2 cm³/mol. The second-order valence-corrected chi connectivity index (χ2v) is 5.94. The van der Waals surface area contributed by atoms with Crippen molar-refractivity contribution in [2.24, 2.45) is 5.92 Å². The molecule has 3 nitrogen and oxygen atoms in total. The second kappa shape index (κ2) is 9.56. The van der Waals surface area contributed by atoms with Gasteiger partial charge in [-0.15, -0.1) is 0 Å². The highest BCUT2D eigenvalue weighted by atomic mass is 16.2. The first kappa shape index (κ1) is 17.7. The summed E-state index contributed by atoms with van der Waals surface area (Å²) in [5.41, 5.74) is 1.04. The lowest BCUT2D eigenvalue weighted by Crippen LogP contribution is -2.39. The first-order chi connectivity index (χ1) is 10.1. The van der Waals surface area contributed by atoms with Crippen molar-refractivity contribution in [2.75, 3.05) is 20.6 Å². The third kappa shape index (κ3) is 5.88. The molecular formula is C18H30N2O. The number of nitrogens with zero attached hydrogens (tertiary/aromatic N) is 1. The Bertz CT molecular complexity index is 403. The maximum absolute atomic E-state index is 12.5. The zero-order valence-electron chi connectivity index (χ0n) is 13.9. The molecule has 0 heterocycles. The van der Waals surface area contributed by atoms with E-state index < -0.39 is 0 Å². The van der Waals surface area contributed by atoms with E-state index in [4.69, 9.17) is 0 Å². The van der Waals surface area contributed by atoms with E-state index in [1.54, 1.807) is 0 Å². The molecule has 118 valence electrons. The number of nitrogens with one attached hydrogen (secondary N) is 1. The van der Waals surface area contributed by atoms with Crippen LogP contribution in [0.25, 0.3) is 0 Å². The molecule has 0 spiro atoms. The maximum atomic E-state index is 12.5. The van der Waals surface area contributed by atoms with Gasteiger partial charge in [0.25, 0.3) is 0 Å². The number of hydrogen-bond acceptors (Lipinski definition) is 2. The lowest BCUT2D eigenvalue weighted by Gasteiger charge is -2.25. The van der Waals surface area contributed by atoms with Gasteiger partial charge in [0.05, 0.1) is 0 Å². The standard InChI is InChI=1S/C18H30N2O/c1-5-7-11-15(6-2)14-19-18(21)17(20(3)4)16-12-9-8-10-13-16/h8-10,12-13,15,17H,5-7,11,14H2,1-4H3,(H,19,21). The predicted octanol–water partition coefficient (Wildman–Crippen LogP) is 3.62. The minimum atomic E-state index is -0.213. The number of carbonyl (C=O) groups excluding carboxylic acids is 1. The van der Waals surface area contributed by atoms with Crippen molar-refractivity contribution < 1.29 is 4.79 Å². The lowest BCUT2D eigenvalue weighted by molar-refractivity contribution is -0.126. The van der Waals surface area contributed by atoms with Crippen LogP contribution in [0.3, 0.4) is 0 Å². The van der Waals surface area contributed by atoms with Gasteiger partial charge in [-0.05, 0) is 32.0 Å². The van der Waals surface area contributed by atoms with Crippen molar-refractivity contribution in [3.05, 3.63) is 35.9 Å². The van der Waals surface area contributed by atoms with Gasteiger partial charge in [0.15, 0.2) is 0 Å². The summed E-state index contributed by atoms with van der Waals surface area (Å²) >= 11 is 0. The molecule has 2 atom stereocenters. The first-order valence-corrected chi connectivity index (χ1v) is 8.09. The Hall–Kier alpha value is -1.35. The van der Waals surface area contributed by atoms with Crippen LogP contribution in [-0.4, -0.2) is 31.4 Å². The minimum absolute atomic E-state index is 0.0983. The summed E-state index contributed by atoms with van der Waals surface area (Å²) in [6.07, 6.45) is 4.78. The molecule has 0 saturated heterocycles. The fourth-order valence-electron chi connectivity index (χ4n) is 2.60. The number of likely N-dealkylation sites (N-methyl/N-ethyl adjacent to an activating group) is 1. The molecule has 1 aromatic rings. The van der Waals surface area contributed by atoms with E-state index in [1.807, 2.05) is 49.3 Å². The Kier molecular flexibility index (Phi) is 8.06. The van der Waals surface area contributed by atoms with Crippen LogP contribution in [-0.2, 0) is 4.79 Å². The molecule has 0 radical (unpaired) electrons. The van der Waals surface area contributed by atoms with Crippen molar-refractivity contribution in [2.45, 2.75) is 45.6 Å². The molecule has 3 heteroatoms. The molecule has 0 aliphatic carbocycles. The van der Waals surface area contributed by atoms with Crippen LogP contribution in [0.2, 0.25) is 0 Å². The molecule has 1 amide bonds. The number of amides is 1. The minimum Gasteiger partial charge on any atom is -0.354 e. The normalized spacial score (nSPS) is 14.0. The van der Waals surface area contributed by atoms with E-state index in [0.717, 1.165) is 18.5 Å². The van der Waals surface area contributed by atoms with Gasteiger partial charge < -0.3 is 5.32 Å². The molecule has 2 unspecified atom stereocenters. The van der Waals surface area contributed by atoms with Crippen molar-refractivity contribution in [3.63, 3.8) is 0 Å². The highest BCUT2D eigenvalue weighted by molar-refractivity contribution is 5.83. The van der Waals surface area contributed by atoms with Crippen LogP contribution in [0.5, 0.6) is 0 Å². The quantitative estimate of drug-likeness (QED) is 0.753. The Morgan fingerprint density at radius 3 is 2.38 bits per heavy atom. The topological polar surface area (TPSA) is 32.3 Å². The number of unbranched alkanes of at least 4 members (excludes halogenated alkanes) is 1. The fraction of sp³-hybridized carbons (Fsp3) is 0.611. The summed E-state index contributed by atoms with van der Waals surface area (Å²) in [4.78, 5) is 14.5. The Morgan fingerprint density at radius 1 is 1.19 bits per heavy atom. The molecule has 0 aliphatic rings. The van der Waals surface area contributed by atoms with E-state index in [1.165, 1.54) is 19.3 Å². The van der Waals surface area contributed by atoms with Crippen LogP contribution >= 0.6 is 0 Å². The average Bonchev–Trinajstić information content (AvgIpc) is 2.48. The summed E-state index contributed by atoms with van der Waals surface area (Å²) in [7, 11) is 3.90. The average molecular weight is 290 g/mol. The summed E-state index contributed by atoms with van der Waals surface area (Å²) < 4.78 is 0. The zero-order chi connectivity index (χ0) is 15.7. The second-order valence-electron chi connectivity index (χ2n) is 5.94. The monoisotopic (exact) mass is 290 g/mol. The van der Waals surface area contributed by atoms with Gasteiger partial charge in [0.2, 0.25) is 5.91 Å². The molecule has 0 saturated carbocycles. The highest BCUT2D eigenvalue weighted by Crippen LogP contribution is 2.18. The van der Waals surface area contributed by atoms with E-state index in [-0.39, 0.29) is 11.9 Å². The number of carbonyl (C=O) groups is 1. The van der Waals surface area contributed by atoms with Gasteiger partial charge in [-0.3, -0.25) is 9.69 Å². The van der Waals surface area contributed by atoms with Crippen molar-refractivity contribution in [1.29, 1.82) is 0 Å². The van der Waals surface area contributed by atoms with Gasteiger partial charge in [-0.2, -0.15) is 0 Å². The lowest BCUT2D eigenvalue weighted by atomic mass is 9.99. The summed E-state index contributed by atoms with van der Waals surface area (Å²) in [5.74, 6) is 0.689. The molecule has 0 aliphatic heterocycles. The molecule has 1 N–H and O–H groups in total. The van der Waals surface area contributed by atoms with Crippen LogP contribution in [0.4, 0.5) is 0 Å². The molecule has 0 bridgehead atoms. The smallest absolute Gasteiger partial charge is 0.241 e. The van der Waals surface area contributed by atoms with Crippen LogP contribution in [0, 0.1) is 5.92 Å².